The molecule has 1 amide bonds. The van der Waals surface area contributed by atoms with Gasteiger partial charge < -0.3 is 14.9 Å². The van der Waals surface area contributed by atoms with Crippen molar-refractivity contribution in [3.8, 4) is 5.75 Å². The second kappa shape index (κ2) is 10.7. The Kier molecular flexibility index (Phi) is 8.31. The van der Waals surface area contributed by atoms with Gasteiger partial charge in [-0.1, -0.05) is 31.2 Å². The lowest BCUT2D eigenvalue weighted by Gasteiger charge is -2.25. The van der Waals surface area contributed by atoms with Crippen molar-refractivity contribution >= 4 is 40.3 Å². The number of hydrogen-bond acceptors (Lipinski definition) is 4. The first-order valence-corrected chi connectivity index (χ1v) is 9.85. The molecule has 2 rings (SSSR count). The van der Waals surface area contributed by atoms with Crippen LogP contribution in [-0.2, 0) is 9.53 Å². The Hall–Kier alpha value is -2.55. The van der Waals surface area contributed by atoms with E-state index < -0.39 is 18.2 Å². The second-order valence-corrected chi connectivity index (χ2v) is 7.56. The van der Waals surface area contributed by atoms with E-state index in [2.05, 4.69) is 27.9 Å². The summed E-state index contributed by atoms with van der Waals surface area (Å²) in [4.78, 5) is 23.0. The second-order valence-electron chi connectivity index (χ2n) is 6.32. The van der Waals surface area contributed by atoms with Gasteiger partial charge in [-0.15, -0.1) is 0 Å². The number of phenolic OH excluding ortho intramolecular Hbond substituents is 1. The number of carboxylic acids is 1. The predicted molar refractivity (Wildman–Crippen MR) is 115 cm³/mol. The highest BCUT2D eigenvalue weighted by Crippen LogP contribution is 2.36. The Labute approximate surface area is 177 Å². The van der Waals surface area contributed by atoms with Gasteiger partial charge in [0, 0.05) is 20.9 Å². The third-order valence-corrected chi connectivity index (χ3v) is 4.79. The van der Waals surface area contributed by atoms with Crippen LogP contribution in [0.3, 0.4) is 0 Å². The van der Waals surface area contributed by atoms with Crippen LogP contribution >= 0.6 is 22.6 Å². The van der Waals surface area contributed by atoms with Gasteiger partial charge in [0.05, 0.1) is 0 Å². The summed E-state index contributed by atoms with van der Waals surface area (Å²) in [6.07, 6.45) is 2.44. The van der Waals surface area contributed by atoms with Crippen molar-refractivity contribution in [2.75, 3.05) is 5.32 Å². The molecular weight excluding hydrogens is 473 g/mol. The molecular formula is C21H22INO5. The number of allylic oxidation sites excluding steroid dienone is 1. The van der Waals surface area contributed by atoms with Gasteiger partial charge in [0.15, 0.2) is 0 Å². The summed E-state index contributed by atoms with van der Waals surface area (Å²) >= 11 is 2.13. The lowest BCUT2D eigenvalue weighted by molar-refractivity contribution is -0.131. The molecule has 0 fully saturated rings. The Morgan fingerprint density at radius 2 is 1.93 bits per heavy atom. The number of carboxylic acid groups (broad SMARTS) is 1. The molecule has 0 heterocycles. The molecule has 2 atom stereocenters. The largest absolute Gasteiger partial charge is 0.508 e. The fourth-order valence-electron chi connectivity index (χ4n) is 2.72. The molecule has 2 aromatic carbocycles. The summed E-state index contributed by atoms with van der Waals surface area (Å²) in [6, 6.07) is 14.1. The molecule has 0 aliphatic rings. The number of benzene rings is 2. The number of ether oxygens (including phenoxy) is 1. The molecule has 0 saturated carbocycles. The number of hydrogen-bond donors (Lipinski definition) is 3. The molecule has 0 spiro atoms. The van der Waals surface area contributed by atoms with Crippen LogP contribution in [0.15, 0.2) is 60.7 Å². The van der Waals surface area contributed by atoms with Gasteiger partial charge in [-0.2, -0.15) is 0 Å². The number of para-hydroxylation sites is 1. The normalized spacial score (nSPS) is 13.1. The van der Waals surface area contributed by atoms with Crippen molar-refractivity contribution in [3.63, 3.8) is 0 Å². The molecule has 148 valence electrons. The lowest BCUT2D eigenvalue weighted by atomic mass is 9.92. The van der Waals surface area contributed by atoms with E-state index in [1.165, 1.54) is 0 Å². The Morgan fingerprint density at radius 1 is 1.21 bits per heavy atom. The van der Waals surface area contributed by atoms with Gasteiger partial charge in [0.1, 0.15) is 11.9 Å². The molecule has 3 N–H and O–H groups in total. The number of nitrogens with one attached hydrogen (secondary N) is 1. The van der Waals surface area contributed by atoms with Crippen molar-refractivity contribution in [1.82, 2.24) is 0 Å². The van der Waals surface area contributed by atoms with Gasteiger partial charge in [0.25, 0.3) is 0 Å². The molecule has 0 unspecified atom stereocenters. The first-order valence-electron chi connectivity index (χ1n) is 8.77. The van der Waals surface area contributed by atoms with E-state index in [-0.39, 0.29) is 11.7 Å². The molecule has 0 bridgehead atoms. The molecule has 2 aromatic rings. The predicted octanol–water partition coefficient (Wildman–Crippen LogP) is 5.34. The van der Waals surface area contributed by atoms with Gasteiger partial charge in [-0.05, 0) is 71.7 Å². The van der Waals surface area contributed by atoms with Crippen LogP contribution in [-0.4, -0.2) is 22.3 Å². The summed E-state index contributed by atoms with van der Waals surface area (Å²) < 4.78 is 6.57. The highest BCUT2D eigenvalue weighted by molar-refractivity contribution is 14.1. The number of halogens is 1. The summed E-state index contributed by atoms with van der Waals surface area (Å²) in [5.74, 6) is -1.10. The summed E-state index contributed by atoms with van der Waals surface area (Å²) in [7, 11) is 0. The molecule has 0 aliphatic carbocycles. The number of aliphatic carboxylic acids is 1. The Bertz CT molecular complexity index is 838. The minimum absolute atomic E-state index is 0.0471. The van der Waals surface area contributed by atoms with E-state index >= 15 is 0 Å². The third-order valence-electron chi connectivity index (χ3n) is 4.12. The molecule has 7 heteroatoms. The highest BCUT2D eigenvalue weighted by atomic mass is 127. The van der Waals surface area contributed by atoms with E-state index in [1.54, 1.807) is 48.5 Å². The van der Waals surface area contributed by atoms with Crippen LogP contribution in [0.4, 0.5) is 10.5 Å². The number of anilines is 1. The van der Waals surface area contributed by atoms with Crippen LogP contribution in [0, 0.1) is 9.49 Å². The van der Waals surface area contributed by atoms with Gasteiger partial charge in [-0.25, -0.2) is 9.59 Å². The number of carbonyl (C=O) groups is 2. The molecule has 28 heavy (non-hydrogen) atoms. The smallest absolute Gasteiger partial charge is 0.412 e. The zero-order valence-electron chi connectivity index (χ0n) is 15.3. The van der Waals surface area contributed by atoms with Crippen LogP contribution in [0.2, 0.25) is 0 Å². The van der Waals surface area contributed by atoms with Crippen molar-refractivity contribution < 1.29 is 24.5 Å². The summed E-state index contributed by atoms with van der Waals surface area (Å²) in [5, 5.41) is 21.7. The highest BCUT2D eigenvalue weighted by Gasteiger charge is 2.26. The third kappa shape index (κ3) is 6.88. The zero-order chi connectivity index (χ0) is 20.5. The molecule has 0 aliphatic heterocycles. The van der Waals surface area contributed by atoms with E-state index in [0.29, 0.717) is 24.1 Å². The van der Waals surface area contributed by atoms with Gasteiger partial charge >= 0.3 is 12.1 Å². The fourth-order valence-corrected chi connectivity index (χ4v) is 3.23. The zero-order valence-corrected chi connectivity index (χ0v) is 17.5. The average Bonchev–Trinajstić information content (AvgIpc) is 2.66. The number of aromatic hydroxyl groups is 1. The number of carbonyl (C=O) groups excluding carboxylic acids is 1. The Balaban J connectivity index is 2.16. The van der Waals surface area contributed by atoms with E-state index in [1.807, 2.05) is 13.0 Å². The maximum absolute atomic E-state index is 12.4. The minimum Gasteiger partial charge on any atom is -0.508 e. The van der Waals surface area contributed by atoms with E-state index in [4.69, 9.17) is 9.84 Å². The SMILES string of the molecule is C[C@@H](CC/C=C/C(=O)O)[C@@H](OC(=O)Nc1ccccc1)c1cc(I)ccc1O. The molecule has 0 radical (unpaired) electrons. The standard InChI is InChI=1S/C21H22INO5/c1-14(7-5-6-10-19(25)26)20(17-13-15(22)11-12-18(17)24)28-21(27)23-16-8-3-2-4-9-16/h2-4,6,8-14,20,24H,5,7H2,1H3,(H,23,27)(H,25,26)/b10-6+/t14-,20+/m0/s1. The topological polar surface area (TPSA) is 95.9 Å². The van der Waals surface area contributed by atoms with Crippen LogP contribution in [0.25, 0.3) is 0 Å². The van der Waals surface area contributed by atoms with E-state index in [0.717, 1.165) is 9.65 Å². The quantitative estimate of drug-likeness (QED) is 0.339. The van der Waals surface area contributed by atoms with Crippen LogP contribution < -0.4 is 5.32 Å². The number of rotatable bonds is 8. The number of phenols is 1. The maximum Gasteiger partial charge on any atom is 0.412 e. The maximum atomic E-state index is 12.4. The summed E-state index contributed by atoms with van der Waals surface area (Å²) in [6.45, 7) is 1.90. The fraction of sp³-hybridized carbons (Fsp3) is 0.238. The first kappa shape index (κ1) is 21.7. The molecule has 0 saturated heterocycles. The van der Waals surface area contributed by atoms with Crippen molar-refractivity contribution in [2.24, 2.45) is 5.92 Å². The van der Waals surface area contributed by atoms with Crippen LogP contribution in [0.1, 0.15) is 31.4 Å². The minimum atomic E-state index is -1.00. The van der Waals surface area contributed by atoms with Gasteiger partial charge in [0.2, 0.25) is 0 Å². The van der Waals surface area contributed by atoms with Gasteiger partial charge in [-0.3, -0.25) is 5.32 Å². The number of amides is 1. The van der Waals surface area contributed by atoms with Crippen molar-refractivity contribution in [1.29, 1.82) is 0 Å². The summed E-state index contributed by atoms with van der Waals surface area (Å²) in [5.41, 5.74) is 1.12. The van der Waals surface area contributed by atoms with E-state index in [9.17, 15) is 14.7 Å². The lowest BCUT2D eigenvalue weighted by Crippen LogP contribution is -2.22. The van der Waals surface area contributed by atoms with Crippen LogP contribution in [0.5, 0.6) is 5.75 Å². The monoisotopic (exact) mass is 495 g/mol. The first-order chi connectivity index (χ1) is 13.4. The van der Waals surface area contributed by atoms with Crippen molar-refractivity contribution in [2.45, 2.75) is 25.9 Å². The Morgan fingerprint density at radius 3 is 2.61 bits per heavy atom. The molecule has 6 nitrogen and oxygen atoms in total. The molecule has 0 aromatic heterocycles. The van der Waals surface area contributed by atoms with Crippen molar-refractivity contribution in [3.05, 3.63) is 69.8 Å². The average molecular weight is 495 g/mol.